The summed E-state index contributed by atoms with van der Waals surface area (Å²) in [4.78, 5) is 11.0. The summed E-state index contributed by atoms with van der Waals surface area (Å²) < 4.78 is 4.90. The maximum atomic E-state index is 11.0. The summed E-state index contributed by atoms with van der Waals surface area (Å²) >= 11 is 0. The van der Waals surface area contributed by atoms with Crippen LogP contribution in [0.25, 0.3) is 0 Å². The number of rotatable bonds is 4. The van der Waals surface area contributed by atoms with Crippen molar-refractivity contribution in [1.29, 1.82) is 0 Å². The number of amides is 1. The highest BCUT2D eigenvalue weighted by Gasteiger charge is 2.11. The number of hydrogen-bond donors (Lipinski definition) is 1. The van der Waals surface area contributed by atoms with Gasteiger partial charge in [0.25, 0.3) is 5.91 Å². The van der Waals surface area contributed by atoms with Gasteiger partial charge in [-0.05, 0) is 20.8 Å². The number of hydrogen-bond acceptors (Lipinski definition) is 3. The van der Waals surface area contributed by atoms with Gasteiger partial charge >= 0.3 is 0 Å². The van der Waals surface area contributed by atoms with Crippen LogP contribution in [0, 0.1) is 0 Å². The Labute approximate surface area is 67.3 Å². The molecule has 0 atom stereocenters. The SMILES string of the molecule is CCOCC(=O)N(N)C(C)C. The first-order valence-corrected chi connectivity index (χ1v) is 3.74. The van der Waals surface area contributed by atoms with Crippen molar-refractivity contribution in [2.75, 3.05) is 13.2 Å². The minimum absolute atomic E-state index is 0.0305. The fraction of sp³-hybridized carbons (Fsp3) is 0.857. The van der Waals surface area contributed by atoms with Crippen LogP contribution in [0.4, 0.5) is 0 Å². The number of hydrazine groups is 1. The van der Waals surface area contributed by atoms with Gasteiger partial charge in [0.1, 0.15) is 6.61 Å². The van der Waals surface area contributed by atoms with Crippen LogP contribution in [0.5, 0.6) is 0 Å². The molecular weight excluding hydrogens is 144 g/mol. The molecule has 0 aromatic rings. The van der Waals surface area contributed by atoms with E-state index < -0.39 is 0 Å². The zero-order chi connectivity index (χ0) is 8.85. The molecule has 0 aromatic heterocycles. The van der Waals surface area contributed by atoms with E-state index in [0.717, 1.165) is 0 Å². The van der Waals surface area contributed by atoms with Crippen molar-refractivity contribution >= 4 is 5.91 Å². The highest BCUT2D eigenvalue weighted by Crippen LogP contribution is 1.91. The van der Waals surface area contributed by atoms with E-state index >= 15 is 0 Å². The van der Waals surface area contributed by atoms with Crippen LogP contribution in [-0.4, -0.2) is 30.2 Å². The first kappa shape index (κ1) is 10.4. The largest absolute Gasteiger partial charge is 0.372 e. The van der Waals surface area contributed by atoms with Crippen LogP contribution >= 0.6 is 0 Å². The molecule has 0 bridgehead atoms. The average Bonchev–Trinajstić information content (AvgIpc) is 1.98. The van der Waals surface area contributed by atoms with Crippen molar-refractivity contribution in [3.63, 3.8) is 0 Å². The molecular formula is C7H16N2O2. The van der Waals surface area contributed by atoms with Gasteiger partial charge in [-0.1, -0.05) is 0 Å². The number of carbonyl (C=O) groups is 1. The molecule has 4 nitrogen and oxygen atoms in total. The van der Waals surface area contributed by atoms with E-state index in [-0.39, 0.29) is 18.6 Å². The van der Waals surface area contributed by atoms with Crippen molar-refractivity contribution in [3.8, 4) is 0 Å². The third kappa shape index (κ3) is 3.95. The van der Waals surface area contributed by atoms with Crippen LogP contribution in [-0.2, 0) is 9.53 Å². The molecule has 0 fully saturated rings. The molecule has 0 rings (SSSR count). The second-order valence-corrected chi connectivity index (χ2v) is 2.53. The number of ether oxygens (including phenoxy) is 1. The van der Waals surface area contributed by atoms with Crippen molar-refractivity contribution in [2.24, 2.45) is 5.84 Å². The van der Waals surface area contributed by atoms with Crippen LogP contribution in [0.2, 0.25) is 0 Å². The molecule has 0 aliphatic carbocycles. The Morgan fingerprint density at radius 2 is 2.18 bits per heavy atom. The van der Waals surface area contributed by atoms with E-state index in [2.05, 4.69) is 0 Å². The maximum Gasteiger partial charge on any atom is 0.262 e. The second-order valence-electron chi connectivity index (χ2n) is 2.53. The molecule has 66 valence electrons. The number of nitrogens with zero attached hydrogens (tertiary/aromatic N) is 1. The molecule has 11 heavy (non-hydrogen) atoms. The predicted octanol–water partition coefficient (Wildman–Crippen LogP) is 0.134. The molecule has 4 heteroatoms. The van der Waals surface area contributed by atoms with Crippen molar-refractivity contribution in [3.05, 3.63) is 0 Å². The lowest BCUT2D eigenvalue weighted by molar-refractivity contribution is -0.138. The quantitative estimate of drug-likeness (QED) is 0.361. The minimum atomic E-state index is -0.179. The normalized spacial score (nSPS) is 10.3. The van der Waals surface area contributed by atoms with Gasteiger partial charge in [0, 0.05) is 12.6 Å². The van der Waals surface area contributed by atoms with Gasteiger partial charge in [-0.15, -0.1) is 0 Å². The first-order chi connectivity index (χ1) is 5.09. The van der Waals surface area contributed by atoms with Gasteiger partial charge in [0.2, 0.25) is 0 Å². The molecule has 0 saturated carbocycles. The molecule has 0 unspecified atom stereocenters. The third-order valence-electron chi connectivity index (χ3n) is 1.27. The molecule has 0 saturated heterocycles. The maximum absolute atomic E-state index is 11.0. The molecule has 0 aliphatic rings. The van der Waals surface area contributed by atoms with Crippen LogP contribution in [0.3, 0.4) is 0 Å². The standard InChI is InChI=1S/C7H16N2O2/c1-4-11-5-7(10)9(8)6(2)3/h6H,4-5,8H2,1-3H3. The monoisotopic (exact) mass is 160 g/mol. The molecule has 0 aromatic carbocycles. The molecule has 2 N–H and O–H groups in total. The smallest absolute Gasteiger partial charge is 0.262 e. The fourth-order valence-electron chi connectivity index (χ4n) is 0.552. The molecule has 0 aliphatic heterocycles. The van der Waals surface area contributed by atoms with E-state index in [0.29, 0.717) is 6.61 Å². The molecule has 1 amide bonds. The van der Waals surface area contributed by atoms with E-state index in [4.69, 9.17) is 10.6 Å². The summed E-state index contributed by atoms with van der Waals surface area (Å²) in [6.07, 6.45) is 0. The summed E-state index contributed by atoms with van der Waals surface area (Å²) in [7, 11) is 0. The highest BCUT2D eigenvalue weighted by atomic mass is 16.5. The zero-order valence-corrected chi connectivity index (χ0v) is 7.33. The minimum Gasteiger partial charge on any atom is -0.372 e. The van der Waals surface area contributed by atoms with E-state index in [1.54, 1.807) is 0 Å². The topological polar surface area (TPSA) is 55.6 Å². The van der Waals surface area contributed by atoms with Crippen molar-refractivity contribution in [2.45, 2.75) is 26.8 Å². The lowest BCUT2D eigenvalue weighted by Gasteiger charge is -2.20. The van der Waals surface area contributed by atoms with Crippen molar-refractivity contribution < 1.29 is 9.53 Å². The predicted molar refractivity (Wildman–Crippen MR) is 42.7 cm³/mol. The second kappa shape index (κ2) is 5.09. The fourth-order valence-corrected chi connectivity index (χ4v) is 0.552. The Balaban J connectivity index is 3.64. The van der Waals surface area contributed by atoms with E-state index in [1.807, 2.05) is 20.8 Å². The molecule has 0 spiro atoms. The number of carbonyl (C=O) groups excluding carboxylic acids is 1. The van der Waals surface area contributed by atoms with Gasteiger partial charge in [-0.3, -0.25) is 9.80 Å². The molecule has 0 radical (unpaired) electrons. The summed E-state index contributed by atoms with van der Waals surface area (Å²) in [5.74, 6) is 5.23. The van der Waals surface area contributed by atoms with Crippen LogP contribution in [0.1, 0.15) is 20.8 Å². The Morgan fingerprint density at radius 1 is 1.64 bits per heavy atom. The number of nitrogens with two attached hydrogens (primary N) is 1. The Bertz CT molecular complexity index is 126. The van der Waals surface area contributed by atoms with Gasteiger partial charge in [-0.2, -0.15) is 0 Å². The summed E-state index contributed by atoms with van der Waals surface area (Å²) in [6.45, 7) is 6.15. The first-order valence-electron chi connectivity index (χ1n) is 3.74. The van der Waals surface area contributed by atoms with Gasteiger partial charge in [0.15, 0.2) is 0 Å². The van der Waals surface area contributed by atoms with Crippen molar-refractivity contribution in [1.82, 2.24) is 5.01 Å². The third-order valence-corrected chi connectivity index (χ3v) is 1.27. The van der Waals surface area contributed by atoms with Gasteiger partial charge in [0.05, 0.1) is 0 Å². The summed E-state index contributed by atoms with van der Waals surface area (Å²) in [5, 5.41) is 1.18. The Morgan fingerprint density at radius 3 is 2.55 bits per heavy atom. The Hall–Kier alpha value is -0.610. The zero-order valence-electron chi connectivity index (χ0n) is 7.33. The average molecular weight is 160 g/mol. The lowest BCUT2D eigenvalue weighted by Crippen LogP contribution is -2.44. The highest BCUT2D eigenvalue weighted by molar-refractivity contribution is 5.77. The van der Waals surface area contributed by atoms with Crippen LogP contribution in [0.15, 0.2) is 0 Å². The van der Waals surface area contributed by atoms with E-state index in [9.17, 15) is 4.79 Å². The van der Waals surface area contributed by atoms with Gasteiger partial charge < -0.3 is 4.74 Å². The summed E-state index contributed by atoms with van der Waals surface area (Å²) in [5.41, 5.74) is 0. The molecule has 0 heterocycles. The van der Waals surface area contributed by atoms with Crippen LogP contribution < -0.4 is 5.84 Å². The van der Waals surface area contributed by atoms with Gasteiger partial charge in [-0.25, -0.2) is 5.84 Å². The Kier molecular flexibility index (Phi) is 4.81. The lowest BCUT2D eigenvalue weighted by atomic mass is 10.4. The van der Waals surface area contributed by atoms with E-state index in [1.165, 1.54) is 5.01 Å². The summed E-state index contributed by atoms with van der Waals surface area (Å²) in [6, 6.07) is 0.0305.